The number of hydrogen-bond donors (Lipinski definition) is 2. The predicted octanol–water partition coefficient (Wildman–Crippen LogP) is 2.53. The van der Waals surface area contributed by atoms with E-state index < -0.39 is 0 Å². The van der Waals surface area contributed by atoms with E-state index in [0.717, 1.165) is 17.1 Å². The van der Waals surface area contributed by atoms with Crippen LogP contribution in [0.1, 0.15) is 11.4 Å². The van der Waals surface area contributed by atoms with Gasteiger partial charge in [-0.05, 0) is 31.2 Å². The molecule has 2 aromatic carbocycles. The number of aromatic nitrogens is 3. The second-order valence-electron chi connectivity index (χ2n) is 6.04. The maximum Gasteiger partial charge on any atom is 0.257 e. The number of aromatic amines is 1. The van der Waals surface area contributed by atoms with Crippen LogP contribution in [0.4, 0.5) is 0 Å². The van der Waals surface area contributed by atoms with Crippen molar-refractivity contribution < 1.29 is 14.3 Å². The Labute approximate surface area is 157 Å². The van der Waals surface area contributed by atoms with Crippen LogP contribution >= 0.6 is 0 Å². The van der Waals surface area contributed by atoms with Crippen molar-refractivity contribution in [1.29, 1.82) is 0 Å². The number of amides is 1. The lowest BCUT2D eigenvalue weighted by Gasteiger charge is -2.07. The van der Waals surface area contributed by atoms with Crippen molar-refractivity contribution in [3.63, 3.8) is 0 Å². The number of nitrogens with zero attached hydrogens (tertiary/aromatic N) is 2. The van der Waals surface area contributed by atoms with Gasteiger partial charge in [0.2, 0.25) is 0 Å². The van der Waals surface area contributed by atoms with Crippen LogP contribution < -0.4 is 14.8 Å². The van der Waals surface area contributed by atoms with Crippen LogP contribution in [0, 0.1) is 6.92 Å². The van der Waals surface area contributed by atoms with Crippen molar-refractivity contribution in [2.45, 2.75) is 13.3 Å². The summed E-state index contributed by atoms with van der Waals surface area (Å²) in [5.41, 5.74) is 2.15. The van der Waals surface area contributed by atoms with Crippen LogP contribution in [-0.2, 0) is 11.2 Å². The second-order valence-corrected chi connectivity index (χ2v) is 6.04. The van der Waals surface area contributed by atoms with Gasteiger partial charge in [-0.1, -0.05) is 29.8 Å². The van der Waals surface area contributed by atoms with Crippen molar-refractivity contribution in [3.05, 3.63) is 59.9 Å². The summed E-state index contributed by atoms with van der Waals surface area (Å²) in [6, 6.07) is 15.1. The number of nitrogens with one attached hydrogen (secondary N) is 2. The molecule has 0 saturated carbocycles. The van der Waals surface area contributed by atoms with Crippen molar-refractivity contribution in [2.24, 2.45) is 0 Å². The molecule has 0 unspecified atom stereocenters. The van der Waals surface area contributed by atoms with Gasteiger partial charge in [0.05, 0.1) is 7.11 Å². The summed E-state index contributed by atoms with van der Waals surface area (Å²) in [7, 11) is 1.60. The Bertz CT molecular complexity index is 873. The molecule has 1 amide bonds. The molecule has 7 heteroatoms. The molecule has 0 aliphatic carbocycles. The highest BCUT2D eigenvalue weighted by molar-refractivity contribution is 5.77. The molecule has 0 saturated heterocycles. The molecule has 0 spiro atoms. The Balaban J connectivity index is 1.41. The smallest absolute Gasteiger partial charge is 0.257 e. The molecule has 0 bridgehead atoms. The highest BCUT2D eigenvalue weighted by Gasteiger charge is 2.07. The van der Waals surface area contributed by atoms with Crippen molar-refractivity contribution in [1.82, 2.24) is 20.5 Å². The summed E-state index contributed by atoms with van der Waals surface area (Å²) in [5.74, 6) is 2.54. The molecule has 140 valence electrons. The van der Waals surface area contributed by atoms with E-state index in [9.17, 15) is 4.79 Å². The average Bonchev–Trinajstić information content (AvgIpc) is 3.16. The molecular formula is C20H22N4O3. The SMILES string of the molecule is COc1ccc(OCC(=O)NCCc2nc(-c3ccc(C)cc3)n[nH]2)cc1. The first-order chi connectivity index (χ1) is 13.1. The first kappa shape index (κ1) is 18.4. The number of methoxy groups -OCH3 is 1. The Kier molecular flexibility index (Phi) is 6.04. The maximum atomic E-state index is 11.9. The van der Waals surface area contributed by atoms with Gasteiger partial charge in [0.25, 0.3) is 5.91 Å². The quantitative estimate of drug-likeness (QED) is 0.639. The highest BCUT2D eigenvalue weighted by atomic mass is 16.5. The normalized spacial score (nSPS) is 10.4. The predicted molar refractivity (Wildman–Crippen MR) is 102 cm³/mol. The van der Waals surface area contributed by atoms with Gasteiger partial charge < -0.3 is 14.8 Å². The number of benzene rings is 2. The summed E-state index contributed by atoms with van der Waals surface area (Å²) < 4.78 is 10.5. The summed E-state index contributed by atoms with van der Waals surface area (Å²) in [4.78, 5) is 16.3. The molecule has 0 aliphatic rings. The number of hydrogen-bond acceptors (Lipinski definition) is 5. The van der Waals surface area contributed by atoms with Crippen LogP contribution in [0.5, 0.6) is 11.5 Å². The third-order valence-electron chi connectivity index (χ3n) is 3.95. The monoisotopic (exact) mass is 366 g/mol. The molecule has 3 aromatic rings. The summed E-state index contributed by atoms with van der Waals surface area (Å²) in [6.45, 7) is 2.44. The third kappa shape index (κ3) is 5.31. The fraction of sp³-hybridized carbons (Fsp3) is 0.250. The van der Waals surface area contributed by atoms with Gasteiger partial charge in [0, 0.05) is 18.5 Å². The molecule has 3 rings (SSSR count). The lowest BCUT2D eigenvalue weighted by Crippen LogP contribution is -2.30. The molecule has 0 atom stereocenters. The van der Waals surface area contributed by atoms with Gasteiger partial charge >= 0.3 is 0 Å². The van der Waals surface area contributed by atoms with E-state index in [1.165, 1.54) is 5.56 Å². The fourth-order valence-corrected chi connectivity index (χ4v) is 2.43. The minimum absolute atomic E-state index is 0.0443. The van der Waals surface area contributed by atoms with Gasteiger partial charge in [0.1, 0.15) is 17.3 Å². The van der Waals surface area contributed by atoms with Crippen LogP contribution in [0.2, 0.25) is 0 Å². The minimum Gasteiger partial charge on any atom is -0.497 e. The van der Waals surface area contributed by atoms with E-state index >= 15 is 0 Å². The first-order valence-corrected chi connectivity index (χ1v) is 8.66. The molecular weight excluding hydrogens is 344 g/mol. The molecule has 1 aromatic heterocycles. The number of carbonyl (C=O) groups is 1. The first-order valence-electron chi connectivity index (χ1n) is 8.66. The molecule has 27 heavy (non-hydrogen) atoms. The number of H-pyrrole nitrogens is 1. The second kappa shape index (κ2) is 8.84. The molecule has 0 radical (unpaired) electrons. The van der Waals surface area contributed by atoms with E-state index in [1.807, 2.05) is 31.2 Å². The topological polar surface area (TPSA) is 89.1 Å². The van der Waals surface area contributed by atoms with Crippen LogP contribution in [0.25, 0.3) is 11.4 Å². The van der Waals surface area contributed by atoms with Crippen LogP contribution in [0.3, 0.4) is 0 Å². The lowest BCUT2D eigenvalue weighted by atomic mass is 10.1. The van der Waals surface area contributed by atoms with E-state index in [-0.39, 0.29) is 12.5 Å². The van der Waals surface area contributed by atoms with Crippen molar-refractivity contribution >= 4 is 5.91 Å². The lowest BCUT2D eigenvalue weighted by molar-refractivity contribution is -0.123. The Morgan fingerprint density at radius 1 is 1.07 bits per heavy atom. The zero-order valence-electron chi connectivity index (χ0n) is 15.4. The number of ether oxygens (including phenoxy) is 2. The number of carbonyl (C=O) groups excluding carboxylic acids is 1. The van der Waals surface area contributed by atoms with Gasteiger partial charge in [-0.3, -0.25) is 9.89 Å². The van der Waals surface area contributed by atoms with Crippen molar-refractivity contribution in [3.8, 4) is 22.9 Å². The van der Waals surface area contributed by atoms with Crippen LogP contribution in [0.15, 0.2) is 48.5 Å². The van der Waals surface area contributed by atoms with Gasteiger partial charge in [-0.15, -0.1) is 0 Å². The van der Waals surface area contributed by atoms with Gasteiger partial charge in [-0.2, -0.15) is 5.10 Å². The maximum absolute atomic E-state index is 11.9. The molecule has 0 aliphatic heterocycles. The summed E-state index contributed by atoms with van der Waals surface area (Å²) in [6.07, 6.45) is 0.563. The summed E-state index contributed by atoms with van der Waals surface area (Å²) in [5, 5.41) is 9.93. The largest absolute Gasteiger partial charge is 0.497 e. The average molecular weight is 366 g/mol. The zero-order chi connectivity index (χ0) is 19.1. The zero-order valence-corrected chi connectivity index (χ0v) is 15.4. The highest BCUT2D eigenvalue weighted by Crippen LogP contribution is 2.17. The van der Waals surface area contributed by atoms with Gasteiger partial charge in [0.15, 0.2) is 12.4 Å². The Morgan fingerprint density at radius 3 is 2.48 bits per heavy atom. The van der Waals surface area contributed by atoms with E-state index in [2.05, 4.69) is 20.5 Å². The van der Waals surface area contributed by atoms with Crippen molar-refractivity contribution in [2.75, 3.05) is 20.3 Å². The van der Waals surface area contributed by atoms with E-state index in [1.54, 1.807) is 31.4 Å². The fourth-order valence-electron chi connectivity index (χ4n) is 2.43. The number of rotatable bonds is 8. The Hall–Kier alpha value is -3.35. The number of aryl methyl sites for hydroxylation is 1. The van der Waals surface area contributed by atoms with E-state index in [0.29, 0.717) is 24.5 Å². The summed E-state index contributed by atoms with van der Waals surface area (Å²) >= 11 is 0. The standard InChI is InChI=1S/C20H22N4O3/c1-14-3-5-15(6-4-14)20-22-18(23-24-20)11-12-21-19(25)13-27-17-9-7-16(26-2)8-10-17/h3-10H,11-13H2,1-2H3,(H,21,25)(H,22,23,24). The molecule has 2 N–H and O–H groups in total. The minimum atomic E-state index is -0.191. The van der Waals surface area contributed by atoms with Crippen LogP contribution in [-0.4, -0.2) is 41.3 Å². The van der Waals surface area contributed by atoms with Gasteiger partial charge in [-0.25, -0.2) is 4.98 Å². The molecule has 1 heterocycles. The third-order valence-corrected chi connectivity index (χ3v) is 3.95. The molecule has 0 fully saturated rings. The van der Waals surface area contributed by atoms with E-state index in [4.69, 9.17) is 9.47 Å². The molecule has 7 nitrogen and oxygen atoms in total. The Morgan fingerprint density at radius 2 is 1.78 bits per heavy atom.